The van der Waals surface area contributed by atoms with Gasteiger partial charge in [-0.3, -0.25) is 14.6 Å². The van der Waals surface area contributed by atoms with Crippen LogP contribution in [0.1, 0.15) is 42.7 Å². The number of Topliss-reactive ketones (excluding diaryl/α,β-unsaturated/α-hetero) is 1. The van der Waals surface area contributed by atoms with Gasteiger partial charge >= 0.3 is 5.97 Å². The van der Waals surface area contributed by atoms with E-state index in [0.717, 1.165) is 5.56 Å². The van der Waals surface area contributed by atoms with E-state index < -0.39 is 17.8 Å². The highest BCUT2D eigenvalue weighted by molar-refractivity contribution is 6.09. The van der Waals surface area contributed by atoms with Crippen LogP contribution in [0.2, 0.25) is 0 Å². The van der Waals surface area contributed by atoms with Crippen molar-refractivity contribution in [3.63, 3.8) is 0 Å². The minimum Gasteiger partial charge on any atom is -0.504 e. The first-order valence-electron chi connectivity index (χ1n) is 11.3. The van der Waals surface area contributed by atoms with Crippen LogP contribution in [-0.2, 0) is 14.3 Å². The minimum atomic E-state index is -0.755. The molecule has 35 heavy (non-hydrogen) atoms. The number of carbonyl (C=O) groups is 2. The molecule has 1 aliphatic heterocycles. The van der Waals surface area contributed by atoms with Gasteiger partial charge in [-0.05, 0) is 54.7 Å². The zero-order chi connectivity index (χ0) is 25.3. The zero-order valence-electron chi connectivity index (χ0n) is 20.5. The maximum atomic E-state index is 13.6. The van der Waals surface area contributed by atoms with E-state index in [1.165, 1.54) is 20.3 Å². The Hall–Kier alpha value is -3.81. The molecule has 0 saturated carbocycles. The Labute approximate surface area is 204 Å². The van der Waals surface area contributed by atoms with Gasteiger partial charge in [-0.25, -0.2) is 0 Å². The van der Waals surface area contributed by atoms with E-state index in [0.29, 0.717) is 40.5 Å². The maximum Gasteiger partial charge on any atom is 0.315 e. The number of phenolic OH excluding ortho intramolecular Hbond substituents is 1. The first-order chi connectivity index (χ1) is 16.8. The number of hydrogen-bond donors (Lipinski definition) is 1. The summed E-state index contributed by atoms with van der Waals surface area (Å²) in [6.45, 7) is 1.78. The fourth-order valence-electron chi connectivity index (χ4n) is 5.08. The number of phenols is 1. The molecule has 3 atom stereocenters. The first-order valence-corrected chi connectivity index (χ1v) is 11.3. The fraction of sp³-hybridized carbons (Fsp3) is 0.370. The number of methoxy groups -OCH3 is 4. The largest absolute Gasteiger partial charge is 0.504 e. The molecular weight excluding hydrogens is 450 g/mol. The third-order valence-electron chi connectivity index (χ3n) is 6.79. The molecule has 2 aromatic carbocycles. The lowest BCUT2D eigenvalue weighted by Gasteiger charge is -2.36. The molecule has 0 fully saturated rings. The molecule has 0 saturated heterocycles. The Kier molecular flexibility index (Phi) is 6.82. The summed E-state index contributed by atoms with van der Waals surface area (Å²) in [4.78, 5) is 31.2. The smallest absolute Gasteiger partial charge is 0.315 e. The highest BCUT2D eigenvalue weighted by Gasteiger charge is 2.44. The lowest BCUT2D eigenvalue weighted by molar-refractivity contribution is -0.143. The molecule has 0 amide bonds. The van der Waals surface area contributed by atoms with Crippen molar-refractivity contribution in [2.45, 2.75) is 31.6 Å². The number of ketones is 1. The predicted octanol–water partition coefficient (Wildman–Crippen LogP) is 4.17. The highest BCUT2D eigenvalue weighted by atomic mass is 16.5. The summed E-state index contributed by atoms with van der Waals surface area (Å²) in [5, 5.41) is 10.1. The number of benzene rings is 2. The molecule has 0 aromatic heterocycles. The van der Waals surface area contributed by atoms with E-state index in [4.69, 9.17) is 23.9 Å². The second-order valence-electron chi connectivity index (χ2n) is 8.67. The second kappa shape index (κ2) is 9.82. The molecule has 1 heterocycles. The van der Waals surface area contributed by atoms with Crippen LogP contribution < -0.4 is 14.2 Å². The second-order valence-corrected chi connectivity index (χ2v) is 8.67. The van der Waals surface area contributed by atoms with Gasteiger partial charge in [-0.2, -0.15) is 0 Å². The van der Waals surface area contributed by atoms with Crippen LogP contribution in [0.15, 0.2) is 52.7 Å². The number of aromatic hydroxyl groups is 1. The topological polar surface area (TPSA) is 104 Å². The van der Waals surface area contributed by atoms with Crippen molar-refractivity contribution in [2.24, 2.45) is 10.9 Å². The van der Waals surface area contributed by atoms with E-state index in [1.807, 2.05) is 18.2 Å². The number of esters is 1. The molecule has 184 valence electrons. The summed E-state index contributed by atoms with van der Waals surface area (Å²) in [5.41, 5.74) is 3.38. The molecule has 2 aromatic rings. The number of aliphatic imine (C=N–C) groups is 1. The molecule has 0 spiro atoms. The fourth-order valence-corrected chi connectivity index (χ4v) is 5.08. The minimum absolute atomic E-state index is 0.0234. The number of nitrogens with zero attached hydrogens (tertiary/aromatic N) is 1. The molecule has 0 radical (unpaired) electrons. The third-order valence-corrected chi connectivity index (χ3v) is 6.79. The van der Waals surface area contributed by atoms with E-state index in [1.54, 1.807) is 33.3 Å². The van der Waals surface area contributed by atoms with E-state index in [2.05, 4.69) is 0 Å². The summed E-state index contributed by atoms with van der Waals surface area (Å²) in [5.74, 6) is -0.532. The van der Waals surface area contributed by atoms with Crippen LogP contribution in [0.25, 0.3) is 0 Å². The average Bonchev–Trinajstić information content (AvgIpc) is 2.87. The number of rotatable bonds is 6. The van der Waals surface area contributed by atoms with Crippen LogP contribution in [-0.4, -0.2) is 51.0 Å². The van der Waals surface area contributed by atoms with Crippen LogP contribution in [0, 0.1) is 5.92 Å². The third kappa shape index (κ3) is 4.36. The molecule has 0 bridgehead atoms. The quantitative estimate of drug-likeness (QED) is 0.620. The van der Waals surface area contributed by atoms with Gasteiger partial charge in [0.1, 0.15) is 5.92 Å². The lowest BCUT2D eigenvalue weighted by atomic mass is 9.69. The number of hydrogen-bond acceptors (Lipinski definition) is 8. The van der Waals surface area contributed by atoms with Gasteiger partial charge in [-0.1, -0.05) is 12.1 Å². The molecule has 8 heteroatoms. The van der Waals surface area contributed by atoms with Crippen LogP contribution >= 0.6 is 0 Å². The highest BCUT2D eigenvalue weighted by Crippen LogP contribution is 2.48. The van der Waals surface area contributed by atoms with Crippen molar-refractivity contribution in [2.75, 3.05) is 28.4 Å². The van der Waals surface area contributed by atoms with Crippen molar-refractivity contribution in [3.8, 4) is 23.0 Å². The summed E-state index contributed by atoms with van der Waals surface area (Å²) in [7, 11) is 5.93. The Bertz CT molecular complexity index is 1230. The lowest BCUT2D eigenvalue weighted by Crippen LogP contribution is -2.37. The number of ether oxygens (including phenoxy) is 4. The van der Waals surface area contributed by atoms with E-state index >= 15 is 0 Å². The predicted molar refractivity (Wildman–Crippen MR) is 130 cm³/mol. The Morgan fingerprint density at radius 2 is 1.57 bits per heavy atom. The summed E-state index contributed by atoms with van der Waals surface area (Å²) in [6.07, 6.45) is 0.802. The van der Waals surface area contributed by atoms with Crippen molar-refractivity contribution in [1.29, 1.82) is 0 Å². The SMILES string of the molecule is COC(=O)C1C(C)=NC2=C(C(=O)C[C@@H](c3ccc(OC)c(OC)c3)C2)[C@@H]1c1ccc(O)c(OC)c1. The molecule has 1 N–H and O–H groups in total. The Morgan fingerprint density at radius 1 is 0.914 bits per heavy atom. The first kappa shape index (κ1) is 24.3. The van der Waals surface area contributed by atoms with E-state index in [-0.39, 0.29) is 29.6 Å². The maximum absolute atomic E-state index is 13.6. The summed E-state index contributed by atoms with van der Waals surface area (Å²) in [6, 6.07) is 10.5. The van der Waals surface area contributed by atoms with Gasteiger partial charge in [0.25, 0.3) is 0 Å². The van der Waals surface area contributed by atoms with Gasteiger partial charge in [0.2, 0.25) is 0 Å². The summed E-state index contributed by atoms with van der Waals surface area (Å²) >= 11 is 0. The van der Waals surface area contributed by atoms with Crippen molar-refractivity contribution >= 4 is 17.5 Å². The molecule has 2 aliphatic rings. The van der Waals surface area contributed by atoms with Crippen LogP contribution in [0.3, 0.4) is 0 Å². The standard InChI is InChI=1S/C27H29NO7/c1-14-24(27(31)35-5)25(16-6-8-19(29)22(13-16)33-3)26-18(28-14)10-17(11-20(26)30)15-7-9-21(32-2)23(12-15)34-4/h6-9,12-13,17,24-25,29H,10-11H2,1-5H3/t17-,24?,25+/m0/s1. The van der Waals surface area contributed by atoms with Crippen LogP contribution in [0.4, 0.5) is 0 Å². The Balaban J connectivity index is 1.80. The van der Waals surface area contributed by atoms with Gasteiger partial charge in [-0.15, -0.1) is 0 Å². The molecule has 8 nitrogen and oxygen atoms in total. The normalized spacial score (nSPS) is 21.7. The van der Waals surface area contributed by atoms with Gasteiger partial charge < -0.3 is 24.1 Å². The molecule has 1 unspecified atom stereocenters. The molecule has 1 aliphatic carbocycles. The molecular formula is C27H29NO7. The average molecular weight is 480 g/mol. The van der Waals surface area contributed by atoms with Crippen molar-refractivity contribution in [3.05, 3.63) is 58.8 Å². The monoisotopic (exact) mass is 479 g/mol. The van der Waals surface area contributed by atoms with E-state index in [9.17, 15) is 14.7 Å². The zero-order valence-corrected chi connectivity index (χ0v) is 20.5. The number of allylic oxidation sites excluding steroid dienone is 2. The van der Waals surface area contributed by atoms with Gasteiger partial charge in [0.05, 0.1) is 28.4 Å². The van der Waals surface area contributed by atoms with Crippen molar-refractivity contribution < 1.29 is 33.6 Å². The molecule has 4 rings (SSSR count). The summed E-state index contributed by atoms with van der Waals surface area (Å²) < 4.78 is 21.2. The van der Waals surface area contributed by atoms with Crippen molar-refractivity contribution in [1.82, 2.24) is 0 Å². The van der Waals surface area contributed by atoms with Gasteiger partial charge in [0.15, 0.2) is 28.8 Å². The van der Waals surface area contributed by atoms with Gasteiger partial charge in [0, 0.05) is 29.3 Å². The van der Waals surface area contributed by atoms with Crippen LogP contribution in [0.5, 0.6) is 23.0 Å². The number of carbonyl (C=O) groups excluding carboxylic acids is 2. The Morgan fingerprint density at radius 3 is 2.23 bits per heavy atom.